The van der Waals surface area contributed by atoms with E-state index in [9.17, 15) is 9.59 Å². The number of hydrogen-bond acceptors (Lipinski definition) is 3. The molecule has 0 aliphatic rings. The number of nitrogens with zero attached hydrogens (tertiary/aromatic N) is 1. The molecule has 2 N–H and O–H groups in total. The maximum Gasteiger partial charge on any atom is 0.307 e. The summed E-state index contributed by atoms with van der Waals surface area (Å²) < 4.78 is 0. The van der Waals surface area contributed by atoms with Crippen LogP contribution in [-0.2, 0) is 9.59 Å². The molecule has 0 heterocycles. The smallest absolute Gasteiger partial charge is 0.307 e. The lowest BCUT2D eigenvalue weighted by Crippen LogP contribution is -2.35. The van der Waals surface area contributed by atoms with Crippen LogP contribution in [0.3, 0.4) is 0 Å². The van der Waals surface area contributed by atoms with Crippen LogP contribution in [0.15, 0.2) is 12.1 Å². The number of aliphatic carboxylic acids is 1. The Kier molecular flexibility index (Phi) is 6.18. The third-order valence-corrected chi connectivity index (χ3v) is 3.41. The van der Waals surface area contributed by atoms with Crippen molar-refractivity contribution in [2.75, 3.05) is 25.5 Å². The molecule has 0 fully saturated rings. The summed E-state index contributed by atoms with van der Waals surface area (Å²) >= 11 is 6.14. The fraction of sp³-hybridized carbons (Fsp3) is 0.467. The minimum atomic E-state index is -0.875. The fourth-order valence-corrected chi connectivity index (χ4v) is 2.48. The first-order valence-electron chi connectivity index (χ1n) is 6.68. The van der Waals surface area contributed by atoms with Crippen molar-refractivity contribution in [1.29, 1.82) is 0 Å². The van der Waals surface area contributed by atoms with Crippen molar-refractivity contribution in [3.8, 4) is 0 Å². The lowest BCUT2D eigenvalue weighted by molar-refractivity contribution is -0.141. The standard InChI is InChI=1S/C15H21ClN2O3/c1-9-5-10(2)14(12(16)6-9)17-13(19)8-18(4)7-11(3)15(20)21/h5-6,11H,7-8H2,1-4H3,(H,17,19)(H,20,21). The lowest BCUT2D eigenvalue weighted by Gasteiger charge is -2.19. The van der Waals surface area contributed by atoms with Crippen molar-refractivity contribution in [2.24, 2.45) is 5.92 Å². The number of carboxylic acids is 1. The molecule has 1 atom stereocenters. The average molecular weight is 313 g/mol. The third kappa shape index (κ3) is 5.36. The van der Waals surface area contributed by atoms with E-state index in [1.807, 2.05) is 19.9 Å². The van der Waals surface area contributed by atoms with Crippen molar-refractivity contribution >= 4 is 29.2 Å². The molecule has 0 bridgehead atoms. The first-order chi connectivity index (χ1) is 9.70. The number of anilines is 1. The molecule has 1 aromatic rings. The highest BCUT2D eigenvalue weighted by molar-refractivity contribution is 6.34. The molecular weight excluding hydrogens is 292 g/mol. The number of nitrogens with one attached hydrogen (secondary N) is 1. The van der Waals surface area contributed by atoms with Gasteiger partial charge in [0.1, 0.15) is 0 Å². The van der Waals surface area contributed by atoms with Gasteiger partial charge in [-0.15, -0.1) is 0 Å². The molecular formula is C15H21ClN2O3. The van der Waals surface area contributed by atoms with Gasteiger partial charge in [0.2, 0.25) is 5.91 Å². The second kappa shape index (κ2) is 7.43. The predicted octanol–water partition coefficient (Wildman–Crippen LogP) is 2.55. The summed E-state index contributed by atoms with van der Waals surface area (Å²) in [7, 11) is 1.71. The summed E-state index contributed by atoms with van der Waals surface area (Å²) in [5.41, 5.74) is 2.53. The first-order valence-corrected chi connectivity index (χ1v) is 7.06. The van der Waals surface area contributed by atoms with E-state index in [2.05, 4.69) is 5.32 Å². The van der Waals surface area contributed by atoms with Gasteiger partial charge in [0, 0.05) is 6.54 Å². The van der Waals surface area contributed by atoms with Crippen molar-refractivity contribution in [1.82, 2.24) is 4.90 Å². The van der Waals surface area contributed by atoms with E-state index < -0.39 is 11.9 Å². The SMILES string of the molecule is Cc1cc(C)c(NC(=O)CN(C)CC(C)C(=O)O)c(Cl)c1. The minimum absolute atomic E-state index is 0.112. The van der Waals surface area contributed by atoms with Crippen LogP contribution in [0, 0.1) is 19.8 Å². The van der Waals surface area contributed by atoms with Crippen LogP contribution in [0.1, 0.15) is 18.1 Å². The van der Waals surface area contributed by atoms with Crippen molar-refractivity contribution < 1.29 is 14.7 Å². The molecule has 0 aliphatic heterocycles. The van der Waals surface area contributed by atoms with E-state index in [0.717, 1.165) is 11.1 Å². The summed E-state index contributed by atoms with van der Waals surface area (Å²) in [4.78, 5) is 24.5. The van der Waals surface area contributed by atoms with Crippen LogP contribution in [0.4, 0.5) is 5.69 Å². The second-order valence-corrected chi connectivity index (χ2v) is 5.83. The van der Waals surface area contributed by atoms with Crippen molar-refractivity contribution in [2.45, 2.75) is 20.8 Å². The maximum atomic E-state index is 12.0. The van der Waals surface area contributed by atoms with Gasteiger partial charge in [0.05, 0.1) is 23.2 Å². The Bertz CT molecular complexity index is 523. The number of carbonyl (C=O) groups is 2. The molecule has 6 heteroatoms. The predicted molar refractivity (Wildman–Crippen MR) is 83.9 cm³/mol. The van der Waals surface area contributed by atoms with Gasteiger partial charge in [-0.25, -0.2) is 0 Å². The van der Waals surface area contributed by atoms with E-state index in [-0.39, 0.29) is 12.5 Å². The summed E-state index contributed by atoms with van der Waals surface area (Å²) in [5.74, 6) is -1.61. The third-order valence-electron chi connectivity index (χ3n) is 3.12. The minimum Gasteiger partial charge on any atom is -0.481 e. The molecule has 21 heavy (non-hydrogen) atoms. The van der Waals surface area contributed by atoms with E-state index in [4.69, 9.17) is 16.7 Å². The van der Waals surface area contributed by atoms with Gasteiger partial charge in [0.25, 0.3) is 0 Å². The molecule has 5 nitrogen and oxygen atoms in total. The summed E-state index contributed by atoms with van der Waals surface area (Å²) in [6.45, 7) is 5.85. The molecule has 0 saturated heterocycles. The highest BCUT2D eigenvalue weighted by Gasteiger charge is 2.16. The molecule has 1 aromatic carbocycles. The Balaban J connectivity index is 2.64. The molecule has 1 amide bonds. The van der Waals surface area contributed by atoms with Gasteiger partial charge in [-0.1, -0.05) is 24.6 Å². The number of carboxylic acid groups (broad SMARTS) is 1. The summed E-state index contributed by atoms with van der Waals surface area (Å²) in [6.07, 6.45) is 0. The first kappa shape index (κ1) is 17.5. The van der Waals surface area contributed by atoms with Gasteiger partial charge >= 0.3 is 5.97 Å². The highest BCUT2D eigenvalue weighted by atomic mass is 35.5. The van der Waals surface area contributed by atoms with E-state index in [1.54, 1.807) is 24.9 Å². The number of halogens is 1. The van der Waals surface area contributed by atoms with E-state index in [0.29, 0.717) is 17.3 Å². The number of benzene rings is 1. The molecule has 1 rings (SSSR count). The molecule has 0 aliphatic carbocycles. The molecule has 116 valence electrons. The van der Waals surface area contributed by atoms with Crippen LogP contribution >= 0.6 is 11.6 Å². The molecule has 0 radical (unpaired) electrons. The summed E-state index contributed by atoms with van der Waals surface area (Å²) in [5, 5.41) is 12.1. The highest BCUT2D eigenvalue weighted by Crippen LogP contribution is 2.27. The Morgan fingerprint density at radius 1 is 1.38 bits per heavy atom. The number of aryl methyl sites for hydroxylation is 2. The van der Waals surface area contributed by atoms with Crippen LogP contribution in [0.5, 0.6) is 0 Å². The van der Waals surface area contributed by atoms with Gasteiger partial charge in [-0.05, 0) is 38.1 Å². The van der Waals surface area contributed by atoms with Crippen molar-refractivity contribution in [3.63, 3.8) is 0 Å². The largest absolute Gasteiger partial charge is 0.481 e. The Labute approximate surface area is 129 Å². The number of rotatable bonds is 6. The van der Waals surface area contributed by atoms with Crippen LogP contribution < -0.4 is 5.32 Å². The summed E-state index contributed by atoms with van der Waals surface area (Å²) in [6, 6.07) is 3.73. The zero-order valence-corrected chi connectivity index (χ0v) is 13.5. The molecule has 0 aromatic heterocycles. The van der Waals surface area contributed by atoms with Crippen LogP contribution in [-0.4, -0.2) is 42.0 Å². The van der Waals surface area contributed by atoms with E-state index in [1.165, 1.54) is 0 Å². The number of amides is 1. The molecule has 0 saturated carbocycles. The second-order valence-electron chi connectivity index (χ2n) is 5.42. The van der Waals surface area contributed by atoms with Crippen LogP contribution in [0.25, 0.3) is 0 Å². The quantitative estimate of drug-likeness (QED) is 0.847. The monoisotopic (exact) mass is 312 g/mol. The Morgan fingerprint density at radius 3 is 2.52 bits per heavy atom. The zero-order chi connectivity index (χ0) is 16.2. The van der Waals surface area contributed by atoms with Gasteiger partial charge in [-0.2, -0.15) is 0 Å². The van der Waals surface area contributed by atoms with Crippen molar-refractivity contribution in [3.05, 3.63) is 28.3 Å². The average Bonchev–Trinajstić information content (AvgIpc) is 2.33. The maximum absolute atomic E-state index is 12.0. The topological polar surface area (TPSA) is 69.6 Å². The molecule has 1 unspecified atom stereocenters. The number of carbonyl (C=O) groups excluding carboxylic acids is 1. The fourth-order valence-electron chi connectivity index (χ4n) is 2.11. The molecule has 0 spiro atoms. The van der Waals surface area contributed by atoms with Gasteiger partial charge in [-0.3, -0.25) is 14.5 Å². The van der Waals surface area contributed by atoms with E-state index >= 15 is 0 Å². The Morgan fingerprint density at radius 2 is 2.00 bits per heavy atom. The van der Waals surface area contributed by atoms with Crippen LogP contribution in [0.2, 0.25) is 5.02 Å². The number of likely N-dealkylation sites (N-methyl/N-ethyl adjacent to an activating group) is 1. The number of hydrogen-bond donors (Lipinski definition) is 2. The normalized spacial score (nSPS) is 12.3. The lowest BCUT2D eigenvalue weighted by atomic mass is 10.1. The van der Waals surface area contributed by atoms with Gasteiger partial charge in [0.15, 0.2) is 0 Å². The van der Waals surface area contributed by atoms with Gasteiger partial charge < -0.3 is 10.4 Å². The Hall–Kier alpha value is -1.59. The zero-order valence-electron chi connectivity index (χ0n) is 12.7.